The number of carbonyl (C=O) groups is 2. The second kappa shape index (κ2) is 12.9. The van der Waals surface area contributed by atoms with E-state index in [2.05, 4.69) is 5.32 Å². The van der Waals surface area contributed by atoms with Crippen molar-refractivity contribution in [3.8, 4) is 0 Å². The third kappa shape index (κ3) is 7.89. The number of nitrogens with zero attached hydrogens (tertiary/aromatic N) is 2. The van der Waals surface area contributed by atoms with E-state index in [9.17, 15) is 22.4 Å². The van der Waals surface area contributed by atoms with Gasteiger partial charge in [-0.15, -0.1) is 0 Å². The summed E-state index contributed by atoms with van der Waals surface area (Å²) >= 11 is 0. The Bertz CT molecular complexity index is 1350. The van der Waals surface area contributed by atoms with Crippen LogP contribution < -0.4 is 9.62 Å². The molecule has 1 aliphatic carbocycles. The van der Waals surface area contributed by atoms with Crippen molar-refractivity contribution in [2.75, 3.05) is 17.1 Å². The molecule has 0 unspecified atom stereocenters. The largest absolute Gasteiger partial charge is 0.352 e. The highest BCUT2D eigenvalue weighted by molar-refractivity contribution is 7.92. The molecule has 0 spiro atoms. The predicted molar refractivity (Wildman–Crippen MR) is 150 cm³/mol. The molecule has 4 rings (SSSR count). The summed E-state index contributed by atoms with van der Waals surface area (Å²) < 4.78 is 40.0. The van der Waals surface area contributed by atoms with E-state index in [1.807, 2.05) is 60.7 Å². The van der Waals surface area contributed by atoms with Gasteiger partial charge in [0.05, 0.1) is 11.9 Å². The summed E-state index contributed by atoms with van der Waals surface area (Å²) in [6.07, 6.45) is 5.14. The quantitative estimate of drug-likeness (QED) is 0.385. The highest BCUT2D eigenvalue weighted by Gasteiger charge is 2.34. The fourth-order valence-electron chi connectivity index (χ4n) is 4.92. The fourth-order valence-corrected chi connectivity index (χ4v) is 5.77. The van der Waals surface area contributed by atoms with Crippen LogP contribution in [0.3, 0.4) is 0 Å². The van der Waals surface area contributed by atoms with Gasteiger partial charge in [0.1, 0.15) is 18.4 Å². The summed E-state index contributed by atoms with van der Waals surface area (Å²) in [4.78, 5) is 29.2. The lowest BCUT2D eigenvalue weighted by atomic mass is 10.0. The monoisotopic (exact) mass is 551 g/mol. The van der Waals surface area contributed by atoms with Crippen LogP contribution in [0, 0.1) is 5.82 Å². The van der Waals surface area contributed by atoms with Gasteiger partial charge < -0.3 is 10.2 Å². The molecule has 1 atom stereocenters. The minimum atomic E-state index is -3.89. The maximum absolute atomic E-state index is 14.0. The van der Waals surface area contributed by atoms with Crippen LogP contribution in [-0.4, -0.2) is 50.0 Å². The number of nitrogens with one attached hydrogen (secondary N) is 1. The molecule has 0 saturated heterocycles. The van der Waals surface area contributed by atoms with Crippen LogP contribution in [0.25, 0.3) is 0 Å². The minimum Gasteiger partial charge on any atom is -0.352 e. The summed E-state index contributed by atoms with van der Waals surface area (Å²) in [5.41, 5.74) is 1.86. The first-order valence-corrected chi connectivity index (χ1v) is 15.0. The molecule has 0 heterocycles. The van der Waals surface area contributed by atoms with Gasteiger partial charge in [0, 0.05) is 19.0 Å². The zero-order chi connectivity index (χ0) is 27.8. The minimum absolute atomic E-state index is 0.0520. The van der Waals surface area contributed by atoms with E-state index >= 15 is 0 Å². The molecule has 1 aliphatic rings. The Kier molecular flexibility index (Phi) is 9.35. The Labute approximate surface area is 229 Å². The molecular formula is C30H34FN3O4S. The summed E-state index contributed by atoms with van der Waals surface area (Å²) in [6, 6.07) is 22.9. The second-order valence-electron chi connectivity index (χ2n) is 9.95. The Balaban J connectivity index is 1.70. The van der Waals surface area contributed by atoms with Crippen LogP contribution in [0.15, 0.2) is 84.9 Å². The van der Waals surface area contributed by atoms with Gasteiger partial charge in [-0.3, -0.25) is 13.9 Å². The van der Waals surface area contributed by atoms with Gasteiger partial charge in [0.15, 0.2) is 0 Å². The first-order valence-electron chi connectivity index (χ1n) is 13.1. The third-order valence-electron chi connectivity index (χ3n) is 6.96. The zero-order valence-corrected chi connectivity index (χ0v) is 22.8. The molecule has 2 amide bonds. The van der Waals surface area contributed by atoms with Crippen molar-refractivity contribution in [2.45, 2.75) is 50.7 Å². The molecule has 3 aromatic rings. The van der Waals surface area contributed by atoms with Crippen molar-refractivity contribution < 1.29 is 22.4 Å². The molecular weight excluding hydrogens is 517 g/mol. The zero-order valence-electron chi connectivity index (χ0n) is 22.0. The first-order chi connectivity index (χ1) is 18.7. The lowest BCUT2D eigenvalue weighted by molar-refractivity contribution is -0.140. The highest BCUT2D eigenvalue weighted by Crippen LogP contribution is 2.22. The van der Waals surface area contributed by atoms with E-state index in [0.29, 0.717) is 0 Å². The van der Waals surface area contributed by atoms with E-state index < -0.39 is 34.3 Å². The molecule has 9 heteroatoms. The van der Waals surface area contributed by atoms with Crippen LogP contribution in [0.4, 0.5) is 10.1 Å². The van der Waals surface area contributed by atoms with Crippen LogP contribution in [0.2, 0.25) is 0 Å². The standard InChI is InChI=1S/C30H34FN3O4S/c1-39(37,38)34(27-18-16-25(31)17-19-27)22-29(35)33(21-24-12-6-3-7-13-24)28(20-23-10-4-2-5-11-23)30(36)32-26-14-8-9-15-26/h2-7,10-13,16-19,26,28H,8-9,14-15,20-22H2,1H3,(H,32,36)/t28-/m0/s1. The van der Waals surface area contributed by atoms with E-state index in [4.69, 9.17) is 0 Å². The van der Waals surface area contributed by atoms with Gasteiger partial charge in [0.25, 0.3) is 0 Å². The normalized spacial score (nSPS) is 14.5. The van der Waals surface area contributed by atoms with E-state index in [-0.39, 0.29) is 30.6 Å². The highest BCUT2D eigenvalue weighted by atomic mass is 32.2. The van der Waals surface area contributed by atoms with Crippen LogP contribution in [-0.2, 0) is 32.6 Å². The molecule has 0 aromatic heterocycles. The molecule has 7 nitrogen and oxygen atoms in total. The predicted octanol–water partition coefficient (Wildman–Crippen LogP) is 4.29. The number of rotatable bonds is 11. The van der Waals surface area contributed by atoms with Gasteiger partial charge >= 0.3 is 0 Å². The summed E-state index contributed by atoms with van der Waals surface area (Å²) in [5.74, 6) is -1.31. The lowest BCUT2D eigenvalue weighted by Crippen LogP contribution is -2.54. The molecule has 39 heavy (non-hydrogen) atoms. The smallest absolute Gasteiger partial charge is 0.244 e. The Morgan fingerprint density at radius 3 is 2.03 bits per heavy atom. The van der Waals surface area contributed by atoms with Gasteiger partial charge in [0.2, 0.25) is 21.8 Å². The number of anilines is 1. The van der Waals surface area contributed by atoms with Crippen molar-refractivity contribution in [3.63, 3.8) is 0 Å². The molecule has 3 aromatic carbocycles. The number of hydrogen-bond donors (Lipinski definition) is 1. The summed E-state index contributed by atoms with van der Waals surface area (Å²) in [5, 5.41) is 3.14. The van der Waals surface area contributed by atoms with Crippen LogP contribution >= 0.6 is 0 Å². The maximum atomic E-state index is 14.0. The maximum Gasteiger partial charge on any atom is 0.244 e. The number of hydrogen-bond acceptors (Lipinski definition) is 4. The summed E-state index contributed by atoms with van der Waals surface area (Å²) in [7, 11) is -3.89. The van der Waals surface area contributed by atoms with Crippen molar-refractivity contribution >= 4 is 27.5 Å². The van der Waals surface area contributed by atoms with E-state index in [1.165, 1.54) is 17.0 Å². The Morgan fingerprint density at radius 2 is 1.46 bits per heavy atom. The van der Waals surface area contributed by atoms with Gasteiger partial charge in [-0.2, -0.15) is 0 Å². The Morgan fingerprint density at radius 1 is 0.897 bits per heavy atom. The summed E-state index contributed by atoms with van der Waals surface area (Å²) in [6.45, 7) is -0.407. The second-order valence-corrected chi connectivity index (χ2v) is 11.9. The number of sulfonamides is 1. The number of halogens is 1. The third-order valence-corrected chi connectivity index (χ3v) is 8.10. The van der Waals surface area contributed by atoms with Gasteiger partial charge in [-0.25, -0.2) is 12.8 Å². The lowest BCUT2D eigenvalue weighted by Gasteiger charge is -2.34. The van der Waals surface area contributed by atoms with Crippen molar-refractivity contribution in [3.05, 3.63) is 102 Å². The number of benzene rings is 3. The SMILES string of the molecule is CS(=O)(=O)N(CC(=O)N(Cc1ccccc1)[C@@H](Cc1ccccc1)C(=O)NC1CCCC1)c1ccc(F)cc1. The van der Waals surface area contributed by atoms with Crippen LogP contribution in [0.1, 0.15) is 36.8 Å². The molecule has 1 saturated carbocycles. The molecule has 1 N–H and O–H groups in total. The van der Waals surface area contributed by atoms with Crippen molar-refractivity contribution in [2.24, 2.45) is 0 Å². The molecule has 206 valence electrons. The first kappa shape index (κ1) is 28.3. The van der Waals surface area contributed by atoms with Crippen molar-refractivity contribution in [1.82, 2.24) is 10.2 Å². The fraction of sp³-hybridized carbons (Fsp3) is 0.333. The molecule has 0 bridgehead atoms. The average molecular weight is 552 g/mol. The number of amides is 2. The van der Waals surface area contributed by atoms with Gasteiger partial charge in [-0.1, -0.05) is 73.5 Å². The Hall–Kier alpha value is -3.72. The average Bonchev–Trinajstić information content (AvgIpc) is 3.43. The van der Waals surface area contributed by atoms with E-state index in [1.54, 1.807) is 0 Å². The number of carbonyl (C=O) groups excluding carboxylic acids is 2. The van der Waals surface area contributed by atoms with Gasteiger partial charge in [-0.05, 0) is 48.2 Å². The van der Waals surface area contributed by atoms with Crippen LogP contribution in [0.5, 0.6) is 0 Å². The topological polar surface area (TPSA) is 86.8 Å². The molecule has 0 radical (unpaired) electrons. The molecule has 1 fully saturated rings. The molecule has 0 aliphatic heterocycles. The van der Waals surface area contributed by atoms with Crippen molar-refractivity contribution in [1.29, 1.82) is 0 Å². The van der Waals surface area contributed by atoms with E-state index in [0.717, 1.165) is 59.5 Å².